The lowest BCUT2D eigenvalue weighted by molar-refractivity contribution is -0.122. The highest BCUT2D eigenvalue weighted by atomic mass is 32.1. The number of nitriles is 1. The zero-order valence-corrected chi connectivity index (χ0v) is 11.0. The second-order valence-corrected chi connectivity index (χ2v) is 5.24. The number of rotatable bonds is 5. The Morgan fingerprint density at radius 2 is 2.28 bits per heavy atom. The molecule has 1 aromatic carbocycles. The molecule has 0 radical (unpaired) electrons. The molecular weight excluding hydrogens is 244 g/mol. The highest BCUT2D eigenvalue weighted by molar-refractivity contribution is 7.80. The molecule has 1 saturated carbocycles. The fraction of sp³-hybridized carbons (Fsp3) is 0.429. The number of thiol groups is 1. The molecule has 1 aromatic rings. The largest absolute Gasteiger partial charge is 0.352 e. The van der Waals surface area contributed by atoms with Gasteiger partial charge in [-0.2, -0.15) is 17.9 Å². The number of amides is 1. The Bertz CT molecular complexity index is 489. The Labute approximate surface area is 113 Å². The highest BCUT2D eigenvalue weighted by Gasteiger charge is 2.42. The van der Waals surface area contributed by atoms with Crippen LogP contribution < -0.4 is 5.32 Å². The topological polar surface area (TPSA) is 52.9 Å². The predicted octanol–water partition coefficient (Wildman–Crippen LogP) is 2.27. The van der Waals surface area contributed by atoms with Gasteiger partial charge in [0.2, 0.25) is 5.91 Å². The number of nitrogens with zero attached hydrogens (tertiary/aromatic N) is 1. The molecule has 0 unspecified atom stereocenters. The van der Waals surface area contributed by atoms with Crippen LogP contribution >= 0.6 is 12.6 Å². The lowest BCUT2D eigenvalue weighted by Crippen LogP contribution is -2.26. The summed E-state index contributed by atoms with van der Waals surface area (Å²) in [6.45, 7) is 0.483. The van der Waals surface area contributed by atoms with Crippen LogP contribution in [0, 0.1) is 16.7 Å². The maximum Gasteiger partial charge on any atom is 0.220 e. The number of carbonyl (C=O) groups is 1. The van der Waals surface area contributed by atoms with Crippen molar-refractivity contribution in [2.24, 2.45) is 5.41 Å². The Morgan fingerprint density at radius 3 is 2.89 bits per heavy atom. The van der Waals surface area contributed by atoms with Gasteiger partial charge in [0.05, 0.1) is 11.6 Å². The molecule has 0 aromatic heterocycles. The molecule has 0 bridgehead atoms. The van der Waals surface area contributed by atoms with Gasteiger partial charge in [0.25, 0.3) is 0 Å². The molecule has 0 saturated heterocycles. The van der Waals surface area contributed by atoms with Crippen LogP contribution in [0.15, 0.2) is 24.3 Å². The monoisotopic (exact) mass is 260 g/mol. The van der Waals surface area contributed by atoms with Crippen LogP contribution in [0.1, 0.15) is 30.4 Å². The van der Waals surface area contributed by atoms with Crippen molar-refractivity contribution in [1.82, 2.24) is 5.32 Å². The third-order valence-electron chi connectivity index (χ3n) is 3.37. The van der Waals surface area contributed by atoms with Gasteiger partial charge in [0, 0.05) is 13.0 Å². The summed E-state index contributed by atoms with van der Waals surface area (Å²) in [5.41, 5.74) is 1.73. The number of carbonyl (C=O) groups excluding carboxylic acids is 1. The molecule has 4 heteroatoms. The molecule has 0 atom stereocenters. The molecule has 1 N–H and O–H groups in total. The van der Waals surface area contributed by atoms with Crippen molar-refractivity contribution in [1.29, 1.82) is 5.26 Å². The summed E-state index contributed by atoms with van der Waals surface area (Å²) in [5.74, 6) is 0.855. The van der Waals surface area contributed by atoms with Gasteiger partial charge < -0.3 is 5.32 Å². The van der Waals surface area contributed by atoms with Crippen molar-refractivity contribution in [2.45, 2.75) is 25.8 Å². The van der Waals surface area contributed by atoms with Crippen LogP contribution in [0.5, 0.6) is 0 Å². The number of hydrogen-bond donors (Lipinski definition) is 2. The maximum absolute atomic E-state index is 11.8. The van der Waals surface area contributed by atoms with Crippen molar-refractivity contribution < 1.29 is 4.79 Å². The zero-order valence-electron chi connectivity index (χ0n) is 10.1. The smallest absolute Gasteiger partial charge is 0.220 e. The van der Waals surface area contributed by atoms with Crippen LogP contribution in [0.3, 0.4) is 0 Å². The van der Waals surface area contributed by atoms with Gasteiger partial charge in [-0.3, -0.25) is 4.79 Å². The molecule has 94 valence electrons. The summed E-state index contributed by atoms with van der Waals surface area (Å²) in [6, 6.07) is 9.38. The lowest BCUT2D eigenvalue weighted by Gasteiger charge is -2.11. The van der Waals surface area contributed by atoms with Crippen molar-refractivity contribution in [3.63, 3.8) is 0 Å². The Hall–Kier alpha value is -1.47. The summed E-state index contributed by atoms with van der Waals surface area (Å²) < 4.78 is 0. The first-order valence-electron chi connectivity index (χ1n) is 6.04. The third-order valence-corrected chi connectivity index (χ3v) is 4.04. The van der Waals surface area contributed by atoms with Gasteiger partial charge >= 0.3 is 0 Å². The Kier molecular flexibility index (Phi) is 3.93. The van der Waals surface area contributed by atoms with Gasteiger partial charge in [-0.15, -0.1) is 0 Å². The molecule has 2 rings (SSSR count). The Morgan fingerprint density at radius 1 is 1.50 bits per heavy atom. The second-order valence-electron chi connectivity index (χ2n) is 4.92. The number of hydrogen-bond acceptors (Lipinski definition) is 3. The van der Waals surface area contributed by atoms with Crippen LogP contribution in [0.25, 0.3) is 0 Å². The van der Waals surface area contributed by atoms with E-state index in [1.54, 1.807) is 12.1 Å². The molecule has 1 aliphatic rings. The molecule has 1 aliphatic carbocycles. The van der Waals surface area contributed by atoms with E-state index in [1.807, 2.05) is 12.1 Å². The predicted molar refractivity (Wildman–Crippen MR) is 73.1 cm³/mol. The molecule has 0 heterocycles. The fourth-order valence-corrected chi connectivity index (χ4v) is 2.35. The van der Waals surface area contributed by atoms with Crippen LogP contribution in [-0.2, 0) is 11.3 Å². The summed E-state index contributed by atoms with van der Waals surface area (Å²) >= 11 is 4.29. The van der Waals surface area contributed by atoms with Gasteiger partial charge in [0.1, 0.15) is 0 Å². The van der Waals surface area contributed by atoms with Gasteiger partial charge in [-0.25, -0.2) is 0 Å². The molecule has 1 amide bonds. The minimum atomic E-state index is 0.0731. The van der Waals surface area contributed by atoms with Crippen molar-refractivity contribution in [2.75, 3.05) is 5.75 Å². The van der Waals surface area contributed by atoms with Crippen LogP contribution in [-0.4, -0.2) is 11.7 Å². The van der Waals surface area contributed by atoms with E-state index in [0.29, 0.717) is 18.5 Å². The average molecular weight is 260 g/mol. The van der Waals surface area contributed by atoms with Crippen molar-refractivity contribution >= 4 is 18.5 Å². The molecule has 1 fully saturated rings. The first kappa shape index (κ1) is 13.0. The maximum atomic E-state index is 11.8. The molecular formula is C14H16N2OS. The second kappa shape index (κ2) is 5.45. The summed E-state index contributed by atoms with van der Waals surface area (Å²) in [4.78, 5) is 11.8. The van der Waals surface area contributed by atoms with Crippen molar-refractivity contribution in [3.05, 3.63) is 35.4 Å². The van der Waals surface area contributed by atoms with Gasteiger partial charge in [0.15, 0.2) is 0 Å². The molecule has 18 heavy (non-hydrogen) atoms. The normalized spacial score (nSPS) is 15.8. The minimum absolute atomic E-state index is 0.0731. The van der Waals surface area contributed by atoms with E-state index >= 15 is 0 Å². The first-order valence-corrected chi connectivity index (χ1v) is 6.67. The first-order chi connectivity index (χ1) is 8.67. The SMILES string of the molecule is N#Cc1cccc(CNC(=O)CC2(CS)CC2)c1. The van der Waals surface area contributed by atoms with Crippen molar-refractivity contribution in [3.8, 4) is 6.07 Å². The quantitative estimate of drug-likeness (QED) is 0.798. The zero-order chi connectivity index (χ0) is 13.0. The summed E-state index contributed by atoms with van der Waals surface area (Å²) in [5, 5.41) is 11.7. The lowest BCUT2D eigenvalue weighted by atomic mass is 10.0. The van der Waals surface area contributed by atoms with E-state index < -0.39 is 0 Å². The Balaban J connectivity index is 1.84. The molecule has 0 aliphatic heterocycles. The van der Waals surface area contributed by atoms with E-state index in [2.05, 4.69) is 24.0 Å². The highest BCUT2D eigenvalue weighted by Crippen LogP contribution is 2.49. The van der Waals surface area contributed by atoms with Gasteiger partial charge in [-0.1, -0.05) is 12.1 Å². The fourth-order valence-electron chi connectivity index (χ4n) is 1.92. The number of nitrogens with one attached hydrogen (secondary N) is 1. The van der Waals surface area contributed by atoms with E-state index in [4.69, 9.17) is 5.26 Å². The van der Waals surface area contributed by atoms with Crippen LogP contribution in [0.2, 0.25) is 0 Å². The van der Waals surface area contributed by atoms with E-state index in [9.17, 15) is 4.79 Å². The van der Waals surface area contributed by atoms with Gasteiger partial charge in [-0.05, 0) is 41.7 Å². The molecule has 3 nitrogen and oxygen atoms in total. The third kappa shape index (κ3) is 3.27. The standard InChI is InChI=1S/C14H16N2OS/c15-8-11-2-1-3-12(6-11)9-16-13(17)7-14(10-18)4-5-14/h1-3,6,18H,4-5,7,9-10H2,(H,16,17). The van der Waals surface area contributed by atoms with E-state index in [1.165, 1.54) is 0 Å². The van der Waals surface area contributed by atoms with E-state index in [-0.39, 0.29) is 11.3 Å². The molecule has 0 spiro atoms. The average Bonchev–Trinajstić information content (AvgIpc) is 3.17. The van der Waals surface area contributed by atoms with Crippen LogP contribution in [0.4, 0.5) is 0 Å². The summed E-state index contributed by atoms with van der Waals surface area (Å²) in [7, 11) is 0. The summed E-state index contributed by atoms with van der Waals surface area (Å²) in [6.07, 6.45) is 2.77. The number of benzene rings is 1. The minimum Gasteiger partial charge on any atom is -0.352 e. The van der Waals surface area contributed by atoms with E-state index in [0.717, 1.165) is 24.2 Å².